The lowest BCUT2D eigenvalue weighted by Gasteiger charge is -2.08. The standard InChI is InChI=1S/C14H10ClN3O/c15-11-7-9(16)5-6-13(11)19-14-10-3-1-2-4-12(10)17-8-18-14/h1-8H,16H2. The fraction of sp³-hybridized carbons (Fsp3) is 0. The quantitative estimate of drug-likeness (QED) is 0.723. The maximum Gasteiger partial charge on any atom is 0.230 e. The van der Waals surface area contributed by atoms with Crippen molar-refractivity contribution in [1.29, 1.82) is 0 Å². The molecule has 1 heterocycles. The molecule has 0 saturated carbocycles. The number of anilines is 1. The Morgan fingerprint density at radius 1 is 1.05 bits per heavy atom. The summed E-state index contributed by atoms with van der Waals surface area (Å²) in [5.41, 5.74) is 7.05. The number of hydrogen-bond acceptors (Lipinski definition) is 4. The molecule has 0 spiro atoms. The van der Waals surface area contributed by atoms with Gasteiger partial charge >= 0.3 is 0 Å². The highest BCUT2D eigenvalue weighted by Gasteiger charge is 2.08. The number of nitrogens with zero attached hydrogens (tertiary/aromatic N) is 2. The van der Waals surface area contributed by atoms with Crippen LogP contribution in [0, 0.1) is 0 Å². The van der Waals surface area contributed by atoms with Gasteiger partial charge in [0.15, 0.2) is 0 Å². The Morgan fingerprint density at radius 2 is 1.89 bits per heavy atom. The minimum absolute atomic E-state index is 0.447. The van der Waals surface area contributed by atoms with Crippen molar-refractivity contribution in [1.82, 2.24) is 9.97 Å². The number of nitrogens with two attached hydrogens (primary N) is 1. The number of para-hydroxylation sites is 1. The molecule has 0 saturated heterocycles. The van der Waals surface area contributed by atoms with E-state index in [0.29, 0.717) is 22.3 Å². The van der Waals surface area contributed by atoms with Crippen LogP contribution >= 0.6 is 11.6 Å². The van der Waals surface area contributed by atoms with Crippen molar-refractivity contribution >= 4 is 28.2 Å². The van der Waals surface area contributed by atoms with Crippen molar-refractivity contribution in [3.63, 3.8) is 0 Å². The van der Waals surface area contributed by atoms with E-state index >= 15 is 0 Å². The highest BCUT2D eigenvalue weighted by atomic mass is 35.5. The van der Waals surface area contributed by atoms with Crippen LogP contribution in [0.25, 0.3) is 10.9 Å². The number of hydrogen-bond donors (Lipinski definition) is 1. The molecule has 2 aromatic carbocycles. The van der Waals surface area contributed by atoms with Crippen LogP contribution in [-0.2, 0) is 0 Å². The number of benzene rings is 2. The fourth-order valence-corrected chi connectivity index (χ4v) is 1.99. The molecule has 0 aliphatic carbocycles. The minimum Gasteiger partial charge on any atom is -0.437 e. The lowest BCUT2D eigenvalue weighted by molar-refractivity contribution is 0.468. The molecule has 3 aromatic rings. The third-order valence-corrected chi connectivity index (χ3v) is 2.96. The first-order valence-corrected chi connectivity index (χ1v) is 6.04. The summed E-state index contributed by atoms with van der Waals surface area (Å²) in [6.45, 7) is 0. The molecule has 0 unspecified atom stereocenters. The molecule has 19 heavy (non-hydrogen) atoms. The van der Waals surface area contributed by atoms with Crippen LogP contribution in [0.2, 0.25) is 5.02 Å². The van der Waals surface area contributed by atoms with Gasteiger partial charge in [0.1, 0.15) is 12.1 Å². The zero-order chi connectivity index (χ0) is 13.2. The van der Waals surface area contributed by atoms with Crippen LogP contribution in [-0.4, -0.2) is 9.97 Å². The van der Waals surface area contributed by atoms with E-state index in [0.717, 1.165) is 10.9 Å². The van der Waals surface area contributed by atoms with Gasteiger partial charge in [-0.1, -0.05) is 23.7 Å². The third-order valence-electron chi connectivity index (χ3n) is 2.67. The molecular weight excluding hydrogens is 262 g/mol. The molecule has 0 radical (unpaired) electrons. The predicted octanol–water partition coefficient (Wildman–Crippen LogP) is 3.66. The number of rotatable bonds is 2. The van der Waals surface area contributed by atoms with Crippen molar-refractivity contribution in [2.75, 3.05) is 5.73 Å². The van der Waals surface area contributed by atoms with Crippen LogP contribution in [0.15, 0.2) is 48.8 Å². The van der Waals surface area contributed by atoms with Gasteiger partial charge in [0.2, 0.25) is 5.88 Å². The third kappa shape index (κ3) is 2.30. The Kier molecular flexibility index (Phi) is 2.93. The van der Waals surface area contributed by atoms with E-state index in [2.05, 4.69) is 9.97 Å². The molecule has 0 aliphatic heterocycles. The van der Waals surface area contributed by atoms with Gasteiger partial charge in [-0.2, -0.15) is 0 Å². The Labute approximate surface area is 114 Å². The van der Waals surface area contributed by atoms with E-state index in [-0.39, 0.29) is 0 Å². The fourth-order valence-electron chi connectivity index (χ4n) is 1.77. The Morgan fingerprint density at radius 3 is 2.74 bits per heavy atom. The van der Waals surface area contributed by atoms with Crippen molar-refractivity contribution in [2.45, 2.75) is 0 Å². The summed E-state index contributed by atoms with van der Waals surface area (Å²) in [7, 11) is 0. The van der Waals surface area contributed by atoms with E-state index in [1.807, 2.05) is 24.3 Å². The lowest BCUT2D eigenvalue weighted by atomic mass is 10.2. The molecule has 0 fully saturated rings. The van der Waals surface area contributed by atoms with Crippen LogP contribution in [0.4, 0.5) is 5.69 Å². The first-order valence-electron chi connectivity index (χ1n) is 5.66. The van der Waals surface area contributed by atoms with Gasteiger partial charge in [-0.05, 0) is 30.3 Å². The average molecular weight is 272 g/mol. The molecule has 0 aliphatic rings. The zero-order valence-corrected chi connectivity index (χ0v) is 10.6. The SMILES string of the molecule is Nc1ccc(Oc2ncnc3ccccc23)c(Cl)c1. The van der Waals surface area contributed by atoms with Crippen molar-refractivity contribution in [3.05, 3.63) is 53.8 Å². The van der Waals surface area contributed by atoms with Crippen LogP contribution in [0.5, 0.6) is 11.6 Å². The average Bonchev–Trinajstić information content (AvgIpc) is 2.42. The topological polar surface area (TPSA) is 61.0 Å². The predicted molar refractivity (Wildman–Crippen MR) is 75.5 cm³/mol. The highest BCUT2D eigenvalue weighted by molar-refractivity contribution is 6.32. The van der Waals surface area contributed by atoms with Gasteiger partial charge in [-0.15, -0.1) is 0 Å². The van der Waals surface area contributed by atoms with Gasteiger partial charge in [0.05, 0.1) is 15.9 Å². The van der Waals surface area contributed by atoms with Gasteiger partial charge < -0.3 is 10.5 Å². The number of halogens is 1. The first-order chi connectivity index (χ1) is 9.24. The highest BCUT2D eigenvalue weighted by Crippen LogP contribution is 2.32. The molecular formula is C14H10ClN3O. The summed E-state index contributed by atoms with van der Waals surface area (Å²) in [4.78, 5) is 8.32. The number of nitrogen functional groups attached to an aromatic ring is 1. The molecule has 0 atom stereocenters. The maximum absolute atomic E-state index is 6.08. The van der Waals surface area contributed by atoms with Crippen molar-refractivity contribution in [2.24, 2.45) is 0 Å². The Hall–Kier alpha value is -2.33. The van der Waals surface area contributed by atoms with Gasteiger partial charge in [0.25, 0.3) is 0 Å². The molecule has 2 N–H and O–H groups in total. The molecule has 0 amide bonds. The monoisotopic (exact) mass is 271 g/mol. The van der Waals surface area contributed by atoms with E-state index in [1.165, 1.54) is 6.33 Å². The lowest BCUT2D eigenvalue weighted by Crippen LogP contribution is -1.92. The summed E-state index contributed by atoms with van der Waals surface area (Å²) < 4.78 is 5.74. The number of fused-ring (bicyclic) bond motifs is 1. The molecule has 3 rings (SSSR count). The largest absolute Gasteiger partial charge is 0.437 e. The summed E-state index contributed by atoms with van der Waals surface area (Å²) in [6, 6.07) is 12.7. The van der Waals surface area contributed by atoms with Crippen molar-refractivity contribution in [3.8, 4) is 11.6 Å². The Balaban J connectivity index is 2.06. The summed E-state index contributed by atoms with van der Waals surface area (Å²) in [5, 5.41) is 1.28. The van der Waals surface area contributed by atoms with Crippen LogP contribution in [0.1, 0.15) is 0 Å². The summed E-state index contributed by atoms with van der Waals surface area (Å²) in [5.74, 6) is 0.983. The number of ether oxygens (including phenoxy) is 1. The smallest absolute Gasteiger partial charge is 0.230 e. The molecule has 4 nitrogen and oxygen atoms in total. The molecule has 5 heteroatoms. The van der Waals surface area contributed by atoms with Gasteiger partial charge in [-0.3, -0.25) is 0 Å². The minimum atomic E-state index is 0.447. The van der Waals surface area contributed by atoms with E-state index in [1.54, 1.807) is 18.2 Å². The van der Waals surface area contributed by atoms with Gasteiger partial charge in [-0.25, -0.2) is 9.97 Å². The summed E-state index contributed by atoms with van der Waals surface area (Å²) >= 11 is 6.08. The van der Waals surface area contributed by atoms with Gasteiger partial charge in [0, 0.05) is 5.69 Å². The normalized spacial score (nSPS) is 10.6. The zero-order valence-electron chi connectivity index (χ0n) is 9.88. The van der Waals surface area contributed by atoms with Crippen LogP contribution < -0.4 is 10.5 Å². The first kappa shape index (κ1) is 11.7. The number of aromatic nitrogens is 2. The molecule has 1 aromatic heterocycles. The second-order valence-electron chi connectivity index (χ2n) is 3.99. The second kappa shape index (κ2) is 4.74. The summed E-state index contributed by atoms with van der Waals surface area (Å²) in [6.07, 6.45) is 1.46. The van der Waals surface area contributed by atoms with E-state index < -0.39 is 0 Å². The molecule has 0 bridgehead atoms. The Bertz CT molecular complexity index is 740. The van der Waals surface area contributed by atoms with Crippen LogP contribution in [0.3, 0.4) is 0 Å². The van der Waals surface area contributed by atoms with E-state index in [4.69, 9.17) is 22.1 Å². The maximum atomic E-state index is 6.08. The van der Waals surface area contributed by atoms with Crippen molar-refractivity contribution < 1.29 is 4.74 Å². The molecule has 94 valence electrons. The second-order valence-corrected chi connectivity index (χ2v) is 4.40. The van der Waals surface area contributed by atoms with E-state index in [9.17, 15) is 0 Å².